The van der Waals surface area contributed by atoms with Gasteiger partial charge in [0.15, 0.2) is 0 Å². The first-order valence-corrected chi connectivity index (χ1v) is 11.2. The zero-order valence-electron chi connectivity index (χ0n) is 18.9. The van der Waals surface area contributed by atoms with Crippen molar-refractivity contribution in [1.29, 1.82) is 0 Å². The van der Waals surface area contributed by atoms with E-state index < -0.39 is 11.5 Å². The Morgan fingerprint density at radius 3 is 2.41 bits per heavy atom. The van der Waals surface area contributed by atoms with E-state index in [1.165, 1.54) is 6.07 Å². The fraction of sp³-hybridized carbons (Fsp3) is 0.609. The lowest BCUT2D eigenvalue weighted by Crippen LogP contribution is -2.63. The summed E-state index contributed by atoms with van der Waals surface area (Å²) in [7, 11) is 0. The number of anilines is 1. The molecule has 3 aliphatic rings. The molecule has 32 heavy (non-hydrogen) atoms. The standard InChI is InChI=1S/C23H31FN4O4/c1-23(2,3)32-22(31)27-10-8-26(9-11-27)16-13-28(14-16)19-6-4-15(12-18(19)24)17-5-7-20(29)25-21(17)30/h4,6,12,16-17H,5,7-11,13-14H2,1-3H3,(H,25,29,30). The third-order valence-electron chi connectivity index (χ3n) is 6.30. The Balaban J connectivity index is 1.28. The van der Waals surface area contributed by atoms with E-state index in [4.69, 9.17) is 4.74 Å². The van der Waals surface area contributed by atoms with Gasteiger partial charge in [0.05, 0.1) is 11.6 Å². The third kappa shape index (κ3) is 4.87. The van der Waals surface area contributed by atoms with Crippen molar-refractivity contribution in [3.05, 3.63) is 29.6 Å². The van der Waals surface area contributed by atoms with Gasteiger partial charge in [0.1, 0.15) is 11.4 Å². The van der Waals surface area contributed by atoms with E-state index in [0.717, 1.165) is 26.2 Å². The summed E-state index contributed by atoms with van der Waals surface area (Å²) in [6.45, 7) is 9.83. The second-order valence-corrected chi connectivity index (χ2v) is 9.78. The molecule has 4 rings (SSSR count). The summed E-state index contributed by atoms with van der Waals surface area (Å²) >= 11 is 0. The predicted molar refractivity (Wildman–Crippen MR) is 117 cm³/mol. The number of nitrogens with one attached hydrogen (secondary N) is 1. The van der Waals surface area contributed by atoms with Crippen molar-refractivity contribution < 1.29 is 23.5 Å². The van der Waals surface area contributed by atoms with Crippen LogP contribution in [0.2, 0.25) is 0 Å². The van der Waals surface area contributed by atoms with Crippen LogP contribution in [0.1, 0.15) is 45.1 Å². The summed E-state index contributed by atoms with van der Waals surface area (Å²) in [6.07, 6.45) is 0.407. The molecule has 0 radical (unpaired) electrons. The van der Waals surface area contributed by atoms with Gasteiger partial charge in [-0.15, -0.1) is 0 Å². The molecule has 0 bridgehead atoms. The van der Waals surface area contributed by atoms with Crippen molar-refractivity contribution in [2.45, 2.75) is 51.2 Å². The number of imide groups is 1. The molecule has 3 saturated heterocycles. The average Bonchev–Trinajstić information content (AvgIpc) is 2.67. The van der Waals surface area contributed by atoms with Crippen molar-refractivity contribution in [3.8, 4) is 0 Å². The first-order valence-electron chi connectivity index (χ1n) is 11.2. The number of ether oxygens (including phenoxy) is 1. The minimum absolute atomic E-state index is 0.273. The van der Waals surface area contributed by atoms with Gasteiger partial charge in [0, 0.05) is 51.7 Å². The summed E-state index contributed by atoms with van der Waals surface area (Å²) in [5.41, 5.74) is 0.636. The zero-order chi connectivity index (χ0) is 23.0. The highest BCUT2D eigenvalue weighted by atomic mass is 19.1. The van der Waals surface area contributed by atoms with Crippen LogP contribution in [-0.2, 0) is 14.3 Å². The van der Waals surface area contributed by atoms with Gasteiger partial charge in [-0.05, 0) is 44.9 Å². The van der Waals surface area contributed by atoms with Crippen molar-refractivity contribution >= 4 is 23.6 Å². The number of rotatable bonds is 3. The Hall–Kier alpha value is -2.68. The zero-order valence-corrected chi connectivity index (χ0v) is 18.9. The monoisotopic (exact) mass is 446 g/mol. The van der Waals surface area contributed by atoms with Gasteiger partial charge >= 0.3 is 6.09 Å². The number of piperidine rings is 1. The molecule has 1 unspecified atom stereocenters. The maximum atomic E-state index is 14.8. The molecule has 1 atom stereocenters. The Kier molecular flexibility index (Phi) is 6.11. The molecular formula is C23H31FN4O4. The summed E-state index contributed by atoms with van der Waals surface area (Å²) < 4.78 is 20.3. The molecule has 0 saturated carbocycles. The van der Waals surface area contributed by atoms with Gasteiger partial charge in [-0.25, -0.2) is 9.18 Å². The van der Waals surface area contributed by atoms with Crippen LogP contribution in [0.4, 0.5) is 14.9 Å². The highest BCUT2D eigenvalue weighted by molar-refractivity contribution is 6.00. The molecule has 8 nitrogen and oxygen atoms in total. The van der Waals surface area contributed by atoms with Crippen LogP contribution in [0.5, 0.6) is 0 Å². The van der Waals surface area contributed by atoms with Crippen LogP contribution in [0.25, 0.3) is 0 Å². The molecule has 174 valence electrons. The lowest BCUT2D eigenvalue weighted by Gasteiger charge is -2.49. The van der Waals surface area contributed by atoms with Crippen molar-refractivity contribution in [3.63, 3.8) is 0 Å². The van der Waals surface area contributed by atoms with E-state index in [-0.39, 0.29) is 30.1 Å². The SMILES string of the molecule is CC(C)(C)OC(=O)N1CCN(C2CN(c3ccc(C4CCC(=O)NC4=O)cc3F)C2)CC1. The summed E-state index contributed by atoms with van der Waals surface area (Å²) in [5.74, 6) is -1.47. The van der Waals surface area contributed by atoms with Crippen LogP contribution >= 0.6 is 0 Å². The number of nitrogens with zero attached hydrogens (tertiary/aromatic N) is 3. The number of hydrogen-bond donors (Lipinski definition) is 1. The molecule has 1 aromatic carbocycles. The van der Waals surface area contributed by atoms with Crippen LogP contribution in [0, 0.1) is 5.82 Å². The first kappa shape index (κ1) is 22.5. The average molecular weight is 447 g/mol. The largest absolute Gasteiger partial charge is 0.444 e. The van der Waals surface area contributed by atoms with Crippen molar-refractivity contribution in [2.24, 2.45) is 0 Å². The first-order chi connectivity index (χ1) is 15.1. The Morgan fingerprint density at radius 2 is 1.81 bits per heavy atom. The van der Waals surface area contributed by atoms with Crippen LogP contribution in [0.15, 0.2) is 18.2 Å². The molecule has 0 aliphatic carbocycles. The van der Waals surface area contributed by atoms with Crippen molar-refractivity contribution in [1.82, 2.24) is 15.1 Å². The Bertz CT molecular complexity index is 902. The molecule has 3 amide bonds. The molecule has 3 heterocycles. The lowest BCUT2D eigenvalue weighted by atomic mass is 9.90. The highest BCUT2D eigenvalue weighted by Gasteiger charge is 2.36. The fourth-order valence-electron chi connectivity index (χ4n) is 4.49. The van der Waals surface area contributed by atoms with E-state index in [0.29, 0.717) is 36.8 Å². The van der Waals surface area contributed by atoms with E-state index in [1.54, 1.807) is 17.0 Å². The van der Waals surface area contributed by atoms with Gasteiger partial charge in [-0.1, -0.05) is 6.07 Å². The number of carbonyl (C=O) groups excluding carboxylic acids is 3. The smallest absolute Gasteiger partial charge is 0.410 e. The van der Waals surface area contributed by atoms with Crippen LogP contribution in [-0.4, -0.2) is 78.6 Å². The van der Waals surface area contributed by atoms with E-state index in [1.807, 2.05) is 25.7 Å². The quantitative estimate of drug-likeness (QED) is 0.716. The van der Waals surface area contributed by atoms with E-state index in [9.17, 15) is 18.8 Å². The summed E-state index contributed by atoms with van der Waals surface area (Å²) in [5, 5.41) is 2.32. The Labute approximate surface area is 187 Å². The van der Waals surface area contributed by atoms with Crippen molar-refractivity contribution in [2.75, 3.05) is 44.2 Å². The second kappa shape index (κ2) is 8.69. The summed E-state index contributed by atoms with van der Waals surface area (Å²) in [4.78, 5) is 41.7. The number of amides is 3. The molecule has 3 fully saturated rings. The molecule has 0 spiro atoms. The van der Waals surface area contributed by atoms with Gasteiger partial charge in [-0.3, -0.25) is 19.8 Å². The van der Waals surface area contributed by atoms with Crippen LogP contribution in [0.3, 0.4) is 0 Å². The number of benzene rings is 1. The summed E-state index contributed by atoms with van der Waals surface area (Å²) in [6, 6.07) is 5.25. The van der Waals surface area contributed by atoms with Gasteiger partial charge < -0.3 is 14.5 Å². The maximum absolute atomic E-state index is 14.8. The van der Waals surface area contributed by atoms with E-state index >= 15 is 0 Å². The molecule has 3 aliphatic heterocycles. The van der Waals surface area contributed by atoms with E-state index in [2.05, 4.69) is 10.2 Å². The topological polar surface area (TPSA) is 82.2 Å². The minimum atomic E-state index is -0.499. The molecule has 9 heteroatoms. The molecule has 1 N–H and O–H groups in total. The Morgan fingerprint density at radius 1 is 1.12 bits per heavy atom. The molecule has 0 aromatic heterocycles. The normalized spacial score (nSPS) is 23.1. The second-order valence-electron chi connectivity index (χ2n) is 9.78. The molecule has 1 aromatic rings. The molecular weight excluding hydrogens is 415 g/mol. The third-order valence-corrected chi connectivity index (χ3v) is 6.30. The van der Waals surface area contributed by atoms with Gasteiger partial charge in [0.2, 0.25) is 11.8 Å². The predicted octanol–water partition coefficient (Wildman–Crippen LogP) is 2.09. The van der Waals surface area contributed by atoms with Crippen LogP contribution < -0.4 is 10.2 Å². The lowest BCUT2D eigenvalue weighted by molar-refractivity contribution is -0.134. The van der Waals surface area contributed by atoms with Gasteiger partial charge in [0.25, 0.3) is 0 Å². The number of hydrogen-bond acceptors (Lipinski definition) is 6. The number of halogens is 1. The highest BCUT2D eigenvalue weighted by Crippen LogP contribution is 2.32. The number of piperazine rings is 1. The maximum Gasteiger partial charge on any atom is 0.410 e. The number of carbonyl (C=O) groups is 3. The minimum Gasteiger partial charge on any atom is -0.444 e. The van der Waals surface area contributed by atoms with Gasteiger partial charge in [-0.2, -0.15) is 0 Å². The fourth-order valence-corrected chi connectivity index (χ4v) is 4.49.